The second-order valence-electron chi connectivity index (χ2n) is 12.5. The lowest BCUT2D eigenvalue weighted by molar-refractivity contribution is 0.668. The molecule has 0 amide bonds. The number of fused-ring (bicyclic) bond motifs is 7. The van der Waals surface area contributed by atoms with Crippen LogP contribution in [0.15, 0.2) is 185 Å². The first kappa shape index (κ1) is 27.5. The summed E-state index contributed by atoms with van der Waals surface area (Å²) in [4.78, 5) is 2.35. The van der Waals surface area contributed by atoms with E-state index in [2.05, 4.69) is 157 Å². The maximum absolute atomic E-state index is 6.35. The normalized spacial score (nSPS) is 11.7. The van der Waals surface area contributed by atoms with Crippen LogP contribution in [0.3, 0.4) is 0 Å². The molecule has 0 saturated heterocycles. The second-order valence-corrected chi connectivity index (χ2v) is 12.5. The highest BCUT2D eigenvalue weighted by Gasteiger charge is 2.20. The highest BCUT2D eigenvalue weighted by Crippen LogP contribution is 2.44. The van der Waals surface area contributed by atoms with Crippen molar-refractivity contribution < 1.29 is 8.83 Å². The van der Waals surface area contributed by atoms with E-state index in [1.807, 2.05) is 24.3 Å². The van der Waals surface area contributed by atoms with Crippen molar-refractivity contribution in [1.29, 1.82) is 0 Å². The van der Waals surface area contributed by atoms with E-state index in [1.165, 1.54) is 21.9 Å². The zero-order chi connectivity index (χ0) is 32.3. The fourth-order valence-electron chi connectivity index (χ4n) is 7.37. The molecular weight excluding hydrogens is 599 g/mol. The van der Waals surface area contributed by atoms with Gasteiger partial charge in [0.25, 0.3) is 0 Å². The standard InChI is InChI=1S/C46H29NO2/c1-2-14-36-31(10-1)11-8-17-37(36)33-12-7-13-35(28-33)47(41-18-9-21-44-46(41)40-16-4-6-20-43(40)48-44)34-25-22-30(23-26-34)32-24-27-39-38-15-3-5-19-42(38)49-45(39)29-32/h1-29H. The Balaban J connectivity index is 1.14. The molecule has 0 aliphatic carbocycles. The SMILES string of the molecule is c1cc(-c2cccc3ccccc23)cc(N(c2ccc(-c3ccc4c(c3)oc3ccccc34)cc2)c2cccc3oc4ccccc4c23)c1. The van der Waals surface area contributed by atoms with Gasteiger partial charge in [-0.2, -0.15) is 0 Å². The molecule has 3 heteroatoms. The van der Waals surface area contributed by atoms with E-state index in [4.69, 9.17) is 8.83 Å². The number of benzene rings is 8. The van der Waals surface area contributed by atoms with Crippen molar-refractivity contribution in [2.24, 2.45) is 0 Å². The lowest BCUT2D eigenvalue weighted by atomic mass is 9.97. The van der Waals surface area contributed by atoms with Crippen molar-refractivity contribution in [2.45, 2.75) is 0 Å². The van der Waals surface area contributed by atoms with Crippen molar-refractivity contribution in [1.82, 2.24) is 0 Å². The maximum Gasteiger partial charge on any atom is 0.137 e. The summed E-state index contributed by atoms with van der Waals surface area (Å²) in [6, 6.07) is 62.1. The molecule has 10 aromatic rings. The van der Waals surface area contributed by atoms with E-state index in [-0.39, 0.29) is 0 Å². The molecular formula is C46H29NO2. The third-order valence-electron chi connectivity index (χ3n) is 9.66. The fraction of sp³-hybridized carbons (Fsp3) is 0. The Hall–Kier alpha value is -6.58. The molecule has 10 rings (SSSR count). The Morgan fingerprint density at radius 2 is 0.980 bits per heavy atom. The van der Waals surface area contributed by atoms with Gasteiger partial charge in [0.05, 0.1) is 11.1 Å². The van der Waals surface area contributed by atoms with Crippen LogP contribution in [0.4, 0.5) is 17.1 Å². The predicted molar refractivity (Wildman–Crippen MR) is 204 cm³/mol. The molecule has 0 fully saturated rings. The van der Waals surface area contributed by atoms with Gasteiger partial charge < -0.3 is 13.7 Å². The summed E-state index contributed by atoms with van der Waals surface area (Å²) >= 11 is 0. The van der Waals surface area contributed by atoms with Gasteiger partial charge in [-0.25, -0.2) is 0 Å². The first-order valence-electron chi connectivity index (χ1n) is 16.6. The molecule has 0 radical (unpaired) electrons. The summed E-state index contributed by atoms with van der Waals surface area (Å²) in [6.45, 7) is 0. The Bertz CT molecular complexity index is 2830. The summed E-state index contributed by atoms with van der Waals surface area (Å²) in [5, 5.41) is 6.93. The molecule has 0 N–H and O–H groups in total. The van der Waals surface area contributed by atoms with Crippen LogP contribution in [0.25, 0.3) is 76.9 Å². The van der Waals surface area contributed by atoms with E-state index in [0.717, 1.165) is 72.1 Å². The first-order chi connectivity index (χ1) is 24.3. The van der Waals surface area contributed by atoms with Gasteiger partial charge in [0.15, 0.2) is 0 Å². The van der Waals surface area contributed by atoms with Crippen molar-refractivity contribution in [3.63, 3.8) is 0 Å². The van der Waals surface area contributed by atoms with Gasteiger partial charge in [-0.15, -0.1) is 0 Å². The van der Waals surface area contributed by atoms with Gasteiger partial charge in [0, 0.05) is 27.5 Å². The number of anilines is 3. The first-order valence-corrected chi connectivity index (χ1v) is 16.6. The van der Waals surface area contributed by atoms with Crippen LogP contribution in [0, 0.1) is 0 Å². The smallest absolute Gasteiger partial charge is 0.137 e. The summed E-state index contributed by atoms with van der Waals surface area (Å²) in [7, 11) is 0. The molecule has 49 heavy (non-hydrogen) atoms. The lowest BCUT2D eigenvalue weighted by Crippen LogP contribution is -2.10. The highest BCUT2D eigenvalue weighted by molar-refractivity contribution is 6.13. The predicted octanol–water partition coefficient (Wildman–Crippen LogP) is 13.4. The summed E-state index contributed by atoms with van der Waals surface area (Å²) < 4.78 is 12.6. The molecule has 0 spiro atoms. The van der Waals surface area contributed by atoms with E-state index in [1.54, 1.807) is 0 Å². The third-order valence-corrected chi connectivity index (χ3v) is 9.66. The minimum absolute atomic E-state index is 0.865. The number of nitrogens with zero attached hydrogens (tertiary/aromatic N) is 1. The van der Waals surface area contributed by atoms with Gasteiger partial charge in [-0.1, -0.05) is 115 Å². The summed E-state index contributed by atoms with van der Waals surface area (Å²) in [5.41, 5.74) is 11.4. The zero-order valence-electron chi connectivity index (χ0n) is 26.5. The monoisotopic (exact) mass is 627 g/mol. The van der Waals surface area contributed by atoms with Gasteiger partial charge in [0.2, 0.25) is 0 Å². The maximum atomic E-state index is 6.35. The zero-order valence-corrected chi connectivity index (χ0v) is 26.5. The third kappa shape index (κ3) is 4.51. The molecule has 230 valence electrons. The second kappa shape index (κ2) is 11.0. The molecule has 0 unspecified atom stereocenters. The van der Waals surface area contributed by atoms with Crippen molar-refractivity contribution in [3.05, 3.63) is 176 Å². The van der Waals surface area contributed by atoms with Crippen molar-refractivity contribution in [2.75, 3.05) is 4.90 Å². The van der Waals surface area contributed by atoms with Crippen LogP contribution < -0.4 is 4.90 Å². The lowest BCUT2D eigenvalue weighted by Gasteiger charge is -2.27. The average Bonchev–Trinajstić information content (AvgIpc) is 3.74. The molecule has 0 bridgehead atoms. The minimum atomic E-state index is 0.865. The van der Waals surface area contributed by atoms with Crippen LogP contribution in [-0.4, -0.2) is 0 Å². The molecule has 2 heterocycles. The molecule has 0 atom stereocenters. The van der Waals surface area contributed by atoms with Gasteiger partial charge in [-0.3, -0.25) is 0 Å². The van der Waals surface area contributed by atoms with E-state index in [0.29, 0.717) is 0 Å². The Kier molecular flexibility index (Phi) is 6.18. The summed E-state index contributed by atoms with van der Waals surface area (Å²) in [5.74, 6) is 0. The van der Waals surface area contributed by atoms with Gasteiger partial charge >= 0.3 is 0 Å². The van der Waals surface area contributed by atoms with E-state index >= 15 is 0 Å². The Morgan fingerprint density at radius 1 is 0.347 bits per heavy atom. The highest BCUT2D eigenvalue weighted by atomic mass is 16.3. The molecule has 0 aliphatic heterocycles. The summed E-state index contributed by atoms with van der Waals surface area (Å²) in [6.07, 6.45) is 0. The largest absolute Gasteiger partial charge is 0.456 e. The average molecular weight is 628 g/mol. The van der Waals surface area contributed by atoms with Crippen LogP contribution >= 0.6 is 0 Å². The Morgan fingerprint density at radius 3 is 1.86 bits per heavy atom. The Labute approximate surface area is 282 Å². The molecule has 0 saturated carbocycles. The van der Waals surface area contributed by atoms with Crippen LogP contribution in [-0.2, 0) is 0 Å². The number of furan rings is 2. The van der Waals surface area contributed by atoms with E-state index in [9.17, 15) is 0 Å². The molecule has 0 aliphatic rings. The quantitative estimate of drug-likeness (QED) is 0.190. The topological polar surface area (TPSA) is 29.5 Å². The van der Waals surface area contributed by atoms with Crippen LogP contribution in [0.1, 0.15) is 0 Å². The number of para-hydroxylation sites is 2. The van der Waals surface area contributed by atoms with E-state index < -0.39 is 0 Å². The number of rotatable bonds is 5. The van der Waals surface area contributed by atoms with Gasteiger partial charge in [-0.05, 0) is 93.7 Å². The number of hydrogen-bond donors (Lipinski definition) is 0. The van der Waals surface area contributed by atoms with Crippen LogP contribution in [0.5, 0.6) is 0 Å². The number of hydrogen-bond acceptors (Lipinski definition) is 3. The van der Waals surface area contributed by atoms with Crippen molar-refractivity contribution >= 4 is 71.7 Å². The minimum Gasteiger partial charge on any atom is -0.456 e. The van der Waals surface area contributed by atoms with Gasteiger partial charge in [0.1, 0.15) is 22.3 Å². The molecule has 2 aromatic heterocycles. The molecule has 8 aromatic carbocycles. The van der Waals surface area contributed by atoms with Crippen LogP contribution in [0.2, 0.25) is 0 Å². The van der Waals surface area contributed by atoms with Crippen molar-refractivity contribution in [3.8, 4) is 22.3 Å². The molecule has 3 nitrogen and oxygen atoms in total. The fourth-order valence-corrected chi connectivity index (χ4v) is 7.37.